The summed E-state index contributed by atoms with van der Waals surface area (Å²) in [5.41, 5.74) is 1.52. The number of amides is 2. The van der Waals surface area contributed by atoms with E-state index in [2.05, 4.69) is 10.3 Å². The number of nitrogens with zero attached hydrogens (tertiary/aromatic N) is 2. The van der Waals surface area contributed by atoms with Gasteiger partial charge in [0.1, 0.15) is 9.88 Å². The van der Waals surface area contributed by atoms with Gasteiger partial charge in [-0.2, -0.15) is 0 Å². The topological polar surface area (TPSA) is 99.6 Å². The Bertz CT molecular complexity index is 820. The number of hydrogen-bond acceptors (Lipinski definition) is 5. The van der Waals surface area contributed by atoms with Crippen molar-refractivity contribution in [2.45, 2.75) is 33.2 Å². The van der Waals surface area contributed by atoms with Gasteiger partial charge >= 0.3 is 5.97 Å². The van der Waals surface area contributed by atoms with Crippen LogP contribution in [0.1, 0.15) is 45.8 Å². The van der Waals surface area contributed by atoms with E-state index in [9.17, 15) is 14.4 Å². The second-order valence-electron chi connectivity index (χ2n) is 6.24. The molecule has 0 bridgehead atoms. The summed E-state index contributed by atoms with van der Waals surface area (Å²) in [7, 11) is 0. The standard InChI is InChI=1S/C19H23N3O4S/c1-12-17(19(25)26)27-18(21-12)13(2)20-16(24)11-22(14(3)23)10-9-15-7-5-4-6-8-15/h4-8,13H,9-11H2,1-3H3,(H,20,24)(H,25,26). The zero-order valence-corrected chi connectivity index (χ0v) is 16.4. The van der Waals surface area contributed by atoms with Crippen LogP contribution in [0.3, 0.4) is 0 Å². The van der Waals surface area contributed by atoms with E-state index < -0.39 is 12.0 Å². The van der Waals surface area contributed by atoms with E-state index in [-0.39, 0.29) is 23.2 Å². The Morgan fingerprint density at radius 2 is 1.93 bits per heavy atom. The van der Waals surface area contributed by atoms with Gasteiger partial charge in [-0.25, -0.2) is 9.78 Å². The van der Waals surface area contributed by atoms with Crippen LogP contribution in [-0.4, -0.2) is 45.9 Å². The number of aromatic carboxylic acids is 1. The molecule has 0 aliphatic rings. The molecule has 1 unspecified atom stereocenters. The first-order valence-electron chi connectivity index (χ1n) is 8.57. The van der Waals surface area contributed by atoms with Gasteiger partial charge < -0.3 is 15.3 Å². The third-order valence-electron chi connectivity index (χ3n) is 4.05. The number of carboxylic acid groups (broad SMARTS) is 1. The predicted octanol–water partition coefficient (Wildman–Crippen LogP) is 2.42. The van der Waals surface area contributed by atoms with E-state index in [0.717, 1.165) is 16.9 Å². The van der Waals surface area contributed by atoms with E-state index in [4.69, 9.17) is 5.11 Å². The van der Waals surface area contributed by atoms with Crippen LogP contribution in [-0.2, 0) is 16.0 Å². The fourth-order valence-electron chi connectivity index (χ4n) is 2.58. The van der Waals surface area contributed by atoms with Gasteiger partial charge in [0, 0.05) is 13.5 Å². The summed E-state index contributed by atoms with van der Waals surface area (Å²) in [5.74, 6) is -1.51. The van der Waals surface area contributed by atoms with Gasteiger partial charge in [-0.05, 0) is 25.8 Å². The number of benzene rings is 1. The van der Waals surface area contributed by atoms with Crippen molar-refractivity contribution in [2.75, 3.05) is 13.1 Å². The van der Waals surface area contributed by atoms with Gasteiger partial charge in [-0.3, -0.25) is 9.59 Å². The summed E-state index contributed by atoms with van der Waals surface area (Å²) in [6.45, 7) is 5.19. The van der Waals surface area contributed by atoms with Gasteiger partial charge in [-0.15, -0.1) is 11.3 Å². The molecule has 7 nitrogen and oxygen atoms in total. The molecule has 1 heterocycles. The largest absolute Gasteiger partial charge is 0.477 e. The average molecular weight is 389 g/mol. The number of aromatic nitrogens is 1. The minimum Gasteiger partial charge on any atom is -0.477 e. The van der Waals surface area contributed by atoms with Crippen molar-refractivity contribution in [3.05, 3.63) is 51.5 Å². The lowest BCUT2D eigenvalue weighted by Crippen LogP contribution is -2.41. The summed E-state index contributed by atoms with van der Waals surface area (Å²) in [5, 5.41) is 12.4. The minimum absolute atomic E-state index is 0.0529. The summed E-state index contributed by atoms with van der Waals surface area (Å²) in [6.07, 6.45) is 0.664. The van der Waals surface area contributed by atoms with Crippen LogP contribution in [0.4, 0.5) is 0 Å². The Morgan fingerprint density at radius 3 is 2.48 bits per heavy atom. The fraction of sp³-hybridized carbons (Fsp3) is 0.368. The summed E-state index contributed by atoms with van der Waals surface area (Å²) < 4.78 is 0. The monoisotopic (exact) mass is 389 g/mol. The molecule has 1 aromatic carbocycles. The molecule has 8 heteroatoms. The molecule has 0 radical (unpaired) electrons. The van der Waals surface area contributed by atoms with E-state index in [1.165, 1.54) is 11.8 Å². The van der Waals surface area contributed by atoms with Gasteiger partial charge in [0.05, 0.1) is 18.3 Å². The number of hydrogen-bond donors (Lipinski definition) is 2. The lowest BCUT2D eigenvalue weighted by molar-refractivity contribution is -0.134. The van der Waals surface area contributed by atoms with Crippen LogP contribution in [0.5, 0.6) is 0 Å². The molecule has 0 spiro atoms. The van der Waals surface area contributed by atoms with Crippen molar-refractivity contribution in [2.24, 2.45) is 0 Å². The number of carbonyl (C=O) groups is 3. The highest BCUT2D eigenvalue weighted by molar-refractivity contribution is 7.13. The number of aryl methyl sites for hydroxylation is 1. The zero-order chi connectivity index (χ0) is 20.0. The normalized spacial score (nSPS) is 11.7. The van der Waals surface area contributed by atoms with Crippen LogP contribution in [0.15, 0.2) is 30.3 Å². The molecule has 2 amide bonds. The molecule has 1 atom stereocenters. The third-order valence-corrected chi connectivity index (χ3v) is 5.38. The van der Waals surface area contributed by atoms with Gasteiger partial charge in [0.2, 0.25) is 11.8 Å². The van der Waals surface area contributed by atoms with Gasteiger partial charge in [-0.1, -0.05) is 30.3 Å². The second kappa shape index (κ2) is 9.27. The summed E-state index contributed by atoms with van der Waals surface area (Å²) >= 11 is 1.04. The fourth-order valence-corrected chi connectivity index (χ4v) is 3.49. The predicted molar refractivity (Wildman–Crippen MR) is 103 cm³/mol. The van der Waals surface area contributed by atoms with Gasteiger partial charge in [0.25, 0.3) is 0 Å². The maximum Gasteiger partial charge on any atom is 0.347 e. The highest BCUT2D eigenvalue weighted by atomic mass is 32.1. The van der Waals surface area contributed by atoms with Crippen molar-refractivity contribution in [3.63, 3.8) is 0 Å². The molecule has 0 saturated heterocycles. The molecule has 0 aliphatic carbocycles. The Balaban J connectivity index is 1.94. The maximum absolute atomic E-state index is 12.3. The Hall–Kier alpha value is -2.74. The first-order chi connectivity index (χ1) is 12.8. The lowest BCUT2D eigenvalue weighted by atomic mass is 10.1. The smallest absolute Gasteiger partial charge is 0.347 e. The Labute approximate surface area is 162 Å². The number of carboxylic acids is 1. The molecule has 2 aromatic rings. The number of thiazole rings is 1. The van der Waals surface area contributed by atoms with Crippen molar-refractivity contribution >= 4 is 29.1 Å². The van der Waals surface area contributed by atoms with E-state index >= 15 is 0 Å². The molecule has 0 fully saturated rings. The Morgan fingerprint density at radius 1 is 1.26 bits per heavy atom. The van der Waals surface area contributed by atoms with E-state index in [0.29, 0.717) is 23.7 Å². The van der Waals surface area contributed by atoms with E-state index in [1.807, 2.05) is 30.3 Å². The summed E-state index contributed by atoms with van der Waals surface area (Å²) in [6, 6.07) is 9.32. The second-order valence-corrected chi connectivity index (χ2v) is 7.27. The van der Waals surface area contributed by atoms with E-state index in [1.54, 1.807) is 13.8 Å². The molecular formula is C19H23N3O4S. The number of nitrogens with one attached hydrogen (secondary N) is 1. The highest BCUT2D eigenvalue weighted by Crippen LogP contribution is 2.23. The molecule has 27 heavy (non-hydrogen) atoms. The summed E-state index contributed by atoms with van der Waals surface area (Å²) in [4.78, 5) is 41.2. The average Bonchev–Trinajstić information content (AvgIpc) is 3.01. The van der Waals surface area contributed by atoms with Crippen LogP contribution in [0, 0.1) is 6.92 Å². The molecule has 0 aliphatic heterocycles. The first kappa shape index (κ1) is 20.6. The van der Waals surface area contributed by atoms with Crippen LogP contribution < -0.4 is 5.32 Å². The third kappa shape index (κ3) is 5.89. The molecule has 2 N–H and O–H groups in total. The Kier molecular flexibility index (Phi) is 7.06. The molecular weight excluding hydrogens is 366 g/mol. The number of rotatable bonds is 8. The van der Waals surface area contributed by atoms with Crippen LogP contribution in [0.2, 0.25) is 0 Å². The zero-order valence-electron chi connectivity index (χ0n) is 15.6. The van der Waals surface area contributed by atoms with Crippen LogP contribution >= 0.6 is 11.3 Å². The van der Waals surface area contributed by atoms with Crippen molar-refractivity contribution in [3.8, 4) is 0 Å². The van der Waals surface area contributed by atoms with Crippen LogP contribution in [0.25, 0.3) is 0 Å². The molecule has 0 saturated carbocycles. The first-order valence-corrected chi connectivity index (χ1v) is 9.39. The molecule has 2 rings (SSSR count). The van der Waals surface area contributed by atoms with Crippen molar-refractivity contribution < 1.29 is 19.5 Å². The minimum atomic E-state index is -1.03. The number of carbonyl (C=O) groups excluding carboxylic acids is 2. The quantitative estimate of drug-likeness (QED) is 0.722. The van der Waals surface area contributed by atoms with Gasteiger partial charge in [0.15, 0.2) is 0 Å². The maximum atomic E-state index is 12.3. The van der Waals surface area contributed by atoms with Crippen molar-refractivity contribution in [1.29, 1.82) is 0 Å². The van der Waals surface area contributed by atoms with Crippen molar-refractivity contribution in [1.82, 2.24) is 15.2 Å². The molecule has 1 aromatic heterocycles. The highest BCUT2D eigenvalue weighted by Gasteiger charge is 2.20. The SMILES string of the molecule is CC(=O)N(CCc1ccccc1)CC(=O)NC(C)c1nc(C)c(C(=O)O)s1. The lowest BCUT2D eigenvalue weighted by Gasteiger charge is -2.21. The molecule has 144 valence electrons.